The van der Waals surface area contributed by atoms with Gasteiger partial charge in [-0.15, -0.1) is 0 Å². The van der Waals surface area contributed by atoms with Crippen LogP contribution >= 0.6 is 0 Å². The molecule has 102 valence electrons. The van der Waals surface area contributed by atoms with Crippen LogP contribution in [-0.4, -0.2) is 18.3 Å². The Labute approximate surface area is 115 Å². The number of nitrogens with two attached hydrogens (primary N) is 1. The van der Waals surface area contributed by atoms with Crippen molar-refractivity contribution in [2.75, 3.05) is 6.61 Å². The van der Waals surface area contributed by atoms with Gasteiger partial charge < -0.3 is 10.5 Å². The number of carbonyl (C=O) groups is 2. The van der Waals surface area contributed by atoms with Gasteiger partial charge in [-0.1, -0.05) is 0 Å². The molecule has 0 saturated carbocycles. The van der Waals surface area contributed by atoms with Gasteiger partial charge >= 0.3 is 0 Å². The number of ketones is 1. The molecular weight excluding hydrogens is 261 g/mol. The molecule has 0 aromatic heterocycles. The molecule has 0 fully saturated rings. The van der Waals surface area contributed by atoms with Crippen LogP contribution in [0.5, 0.6) is 5.75 Å². The van der Waals surface area contributed by atoms with Crippen LogP contribution in [0.4, 0.5) is 4.39 Å². The molecule has 5 heteroatoms. The van der Waals surface area contributed by atoms with Crippen molar-refractivity contribution in [2.24, 2.45) is 5.73 Å². The maximum Gasteiger partial charge on any atom is 0.248 e. The second-order valence-electron chi connectivity index (χ2n) is 4.11. The minimum atomic E-state index is -0.529. The number of hydrogen-bond donors (Lipinski definition) is 1. The van der Waals surface area contributed by atoms with E-state index in [1.54, 1.807) is 12.1 Å². The fourth-order valence-electron chi connectivity index (χ4n) is 1.58. The summed E-state index contributed by atoms with van der Waals surface area (Å²) in [5, 5.41) is 0. The monoisotopic (exact) mass is 273 g/mol. The first kappa shape index (κ1) is 13.7. The lowest BCUT2D eigenvalue weighted by Gasteiger charge is -2.06. The zero-order valence-corrected chi connectivity index (χ0v) is 10.5. The molecule has 0 aliphatic heterocycles. The lowest BCUT2D eigenvalue weighted by Crippen LogP contribution is -2.12. The molecule has 0 atom stereocenters. The fourth-order valence-corrected chi connectivity index (χ4v) is 1.58. The van der Waals surface area contributed by atoms with E-state index in [9.17, 15) is 14.0 Å². The number of primary amides is 1. The number of halogens is 1. The number of amides is 1. The smallest absolute Gasteiger partial charge is 0.248 e. The van der Waals surface area contributed by atoms with Crippen molar-refractivity contribution in [2.45, 2.75) is 0 Å². The van der Waals surface area contributed by atoms with Gasteiger partial charge in [0.05, 0.1) is 0 Å². The van der Waals surface area contributed by atoms with Crippen LogP contribution in [-0.2, 0) is 0 Å². The first-order chi connectivity index (χ1) is 9.56. The molecule has 2 aromatic rings. The van der Waals surface area contributed by atoms with Gasteiger partial charge in [-0.2, -0.15) is 0 Å². The van der Waals surface area contributed by atoms with Gasteiger partial charge in [-0.05, 0) is 48.5 Å². The van der Waals surface area contributed by atoms with E-state index in [-0.39, 0.29) is 12.4 Å². The highest BCUT2D eigenvalue weighted by Gasteiger charge is 2.07. The second-order valence-corrected chi connectivity index (χ2v) is 4.11. The molecule has 2 N–H and O–H groups in total. The molecule has 0 radical (unpaired) electrons. The Balaban J connectivity index is 1.96. The van der Waals surface area contributed by atoms with E-state index >= 15 is 0 Å². The van der Waals surface area contributed by atoms with Crippen LogP contribution in [0.3, 0.4) is 0 Å². The van der Waals surface area contributed by atoms with E-state index in [0.717, 1.165) is 0 Å². The summed E-state index contributed by atoms with van der Waals surface area (Å²) in [6.07, 6.45) is 0. The van der Waals surface area contributed by atoms with Gasteiger partial charge in [0.2, 0.25) is 5.91 Å². The van der Waals surface area contributed by atoms with Gasteiger partial charge in [0.25, 0.3) is 0 Å². The standard InChI is InChI=1S/C15H12FNO3/c16-12-5-1-10(2-6-12)14(18)9-20-13-7-3-11(4-8-13)15(17)19/h1-8H,9H2,(H2,17,19). The number of benzene rings is 2. The van der Waals surface area contributed by atoms with Crippen molar-refractivity contribution in [3.8, 4) is 5.75 Å². The van der Waals surface area contributed by atoms with Crippen molar-refractivity contribution in [1.29, 1.82) is 0 Å². The number of ether oxygens (including phenoxy) is 1. The molecule has 20 heavy (non-hydrogen) atoms. The first-order valence-electron chi connectivity index (χ1n) is 5.87. The first-order valence-corrected chi connectivity index (χ1v) is 5.87. The molecule has 0 saturated heterocycles. The van der Waals surface area contributed by atoms with Crippen molar-refractivity contribution in [3.05, 3.63) is 65.5 Å². The zero-order chi connectivity index (χ0) is 14.5. The Bertz CT molecular complexity index is 621. The van der Waals surface area contributed by atoms with E-state index in [4.69, 9.17) is 10.5 Å². The molecule has 2 rings (SSSR count). The molecule has 0 heterocycles. The van der Waals surface area contributed by atoms with Gasteiger partial charge in [-0.25, -0.2) is 4.39 Å². The summed E-state index contributed by atoms with van der Waals surface area (Å²) in [6.45, 7) is -0.165. The largest absolute Gasteiger partial charge is 0.485 e. The lowest BCUT2D eigenvalue weighted by atomic mass is 10.1. The zero-order valence-electron chi connectivity index (χ0n) is 10.5. The van der Waals surface area contributed by atoms with Gasteiger partial charge in [0, 0.05) is 11.1 Å². The van der Waals surface area contributed by atoms with Crippen molar-refractivity contribution in [1.82, 2.24) is 0 Å². The highest BCUT2D eigenvalue weighted by Crippen LogP contribution is 2.12. The number of rotatable bonds is 5. The Morgan fingerprint density at radius 3 is 2.05 bits per heavy atom. The minimum absolute atomic E-state index is 0.165. The maximum absolute atomic E-state index is 12.7. The van der Waals surface area contributed by atoms with Gasteiger partial charge in [0.1, 0.15) is 11.6 Å². The van der Waals surface area contributed by atoms with Crippen molar-refractivity contribution < 1.29 is 18.7 Å². The Hall–Kier alpha value is -2.69. The normalized spacial score (nSPS) is 10.1. The van der Waals surface area contributed by atoms with Crippen LogP contribution in [0.15, 0.2) is 48.5 Å². The summed E-state index contributed by atoms with van der Waals surface area (Å²) in [6, 6.07) is 11.4. The summed E-state index contributed by atoms with van der Waals surface area (Å²) in [5.74, 6) is -0.738. The molecule has 4 nitrogen and oxygen atoms in total. The quantitative estimate of drug-likeness (QED) is 0.849. The molecule has 0 unspecified atom stereocenters. The average Bonchev–Trinajstić information content (AvgIpc) is 2.46. The fraction of sp³-hybridized carbons (Fsp3) is 0.0667. The highest BCUT2D eigenvalue weighted by atomic mass is 19.1. The molecule has 0 aliphatic rings. The predicted molar refractivity (Wildman–Crippen MR) is 71.2 cm³/mol. The number of Topliss-reactive ketones (excluding diaryl/α,β-unsaturated/α-hetero) is 1. The number of carbonyl (C=O) groups excluding carboxylic acids is 2. The topological polar surface area (TPSA) is 69.4 Å². The van der Waals surface area contributed by atoms with E-state index in [0.29, 0.717) is 16.9 Å². The van der Waals surface area contributed by atoms with Crippen LogP contribution in [0.2, 0.25) is 0 Å². The Kier molecular flexibility index (Phi) is 4.10. The molecular formula is C15H12FNO3. The van der Waals surface area contributed by atoms with E-state index < -0.39 is 11.7 Å². The SMILES string of the molecule is NC(=O)c1ccc(OCC(=O)c2ccc(F)cc2)cc1. The Morgan fingerprint density at radius 2 is 1.50 bits per heavy atom. The van der Waals surface area contributed by atoms with Crippen molar-refractivity contribution in [3.63, 3.8) is 0 Å². The number of hydrogen-bond acceptors (Lipinski definition) is 3. The molecule has 0 spiro atoms. The Morgan fingerprint density at radius 1 is 0.950 bits per heavy atom. The summed E-state index contributed by atoms with van der Waals surface area (Å²) >= 11 is 0. The maximum atomic E-state index is 12.7. The van der Waals surface area contributed by atoms with Crippen LogP contribution in [0, 0.1) is 5.82 Å². The average molecular weight is 273 g/mol. The van der Waals surface area contributed by atoms with E-state index in [1.165, 1.54) is 36.4 Å². The molecule has 0 bridgehead atoms. The van der Waals surface area contributed by atoms with Gasteiger partial charge in [-0.3, -0.25) is 9.59 Å². The second kappa shape index (κ2) is 5.97. The summed E-state index contributed by atoms with van der Waals surface area (Å²) in [7, 11) is 0. The van der Waals surface area contributed by atoms with E-state index in [2.05, 4.69) is 0 Å². The molecule has 0 aliphatic carbocycles. The van der Waals surface area contributed by atoms with Crippen molar-refractivity contribution >= 4 is 11.7 Å². The minimum Gasteiger partial charge on any atom is -0.485 e. The third-order valence-corrected chi connectivity index (χ3v) is 2.67. The van der Waals surface area contributed by atoms with Gasteiger partial charge in [0.15, 0.2) is 12.4 Å². The third-order valence-electron chi connectivity index (χ3n) is 2.67. The highest BCUT2D eigenvalue weighted by molar-refractivity contribution is 5.97. The third kappa shape index (κ3) is 3.41. The van der Waals surface area contributed by atoms with E-state index in [1.807, 2.05) is 0 Å². The van der Waals surface area contributed by atoms with Crippen LogP contribution in [0.1, 0.15) is 20.7 Å². The summed E-state index contributed by atoms with van der Waals surface area (Å²) < 4.78 is 18.0. The predicted octanol–water partition coefficient (Wildman–Crippen LogP) is 2.19. The molecule has 2 aromatic carbocycles. The summed E-state index contributed by atoms with van der Waals surface area (Å²) in [5.41, 5.74) is 5.85. The molecule has 1 amide bonds. The van der Waals surface area contributed by atoms with Crippen LogP contribution in [0.25, 0.3) is 0 Å². The van der Waals surface area contributed by atoms with Crippen LogP contribution < -0.4 is 10.5 Å². The summed E-state index contributed by atoms with van der Waals surface area (Å²) in [4.78, 5) is 22.7. The lowest BCUT2D eigenvalue weighted by molar-refractivity contribution is 0.0920.